The van der Waals surface area contributed by atoms with E-state index < -0.39 is 0 Å². The fourth-order valence-corrected chi connectivity index (χ4v) is 2.46. The topological polar surface area (TPSA) is 32.3 Å². The molecule has 1 atom stereocenters. The van der Waals surface area contributed by atoms with Gasteiger partial charge in [-0.2, -0.15) is 0 Å². The van der Waals surface area contributed by atoms with E-state index in [9.17, 15) is 4.79 Å². The third kappa shape index (κ3) is 3.47. The van der Waals surface area contributed by atoms with E-state index in [1.54, 1.807) is 4.90 Å². The van der Waals surface area contributed by atoms with Crippen LogP contribution in [0.2, 0.25) is 5.02 Å². The highest BCUT2D eigenvalue weighted by Crippen LogP contribution is 2.17. The minimum Gasteiger partial charge on any atom is -0.341 e. The normalized spacial score (nSPS) is 18.9. The van der Waals surface area contributed by atoms with Crippen LogP contribution in [0, 0.1) is 0 Å². The smallest absolute Gasteiger partial charge is 0.224 e. The molecule has 98 valence electrons. The van der Waals surface area contributed by atoms with E-state index in [1.165, 1.54) is 6.42 Å². The maximum atomic E-state index is 12.1. The van der Waals surface area contributed by atoms with Crippen LogP contribution in [0.15, 0.2) is 24.3 Å². The Hall–Kier alpha value is -1.06. The molecule has 1 fully saturated rings. The fourth-order valence-electron chi connectivity index (χ4n) is 2.27. The maximum absolute atomic E-state index is 12.1. The first-order valence-electron chi connectivity index (χ1n) is 6.37. The van der Waals surface area contributed by atoms with Crippen LogP contribution in [-0.2, 0) is 11.3 Å². The quantitative estimate of drug-likeness (QED) is 0.908. The number of nitrogens with zero attached hydrogens (tertiary/aromatic N) is 1. The first-order chi connectivity index (χ1) is 8.66. The van der Waals surface area contributed by atoms with Crippen LogP contribution in [-0.4, -0.2) is 30.4 Å². The van der Waals surface area contributed by atoms with Crippen LogP contribution >= 0.6 is 11.6 Å². The number of rotatable bonds is 4. The van der Waals surface area contributed by atoms with Crippen LogP contribution in [0.3, 0.4) is 0 Å². The van der Waals surface area contributed by atoms with Gasteiger partial charge in [-0.3, -0.25) is 4.79 Å². The highest BCUT2D eigenvalue weighted by Gasteiger charge is 2.20. The van der Waals surface area contributed by atoms with E-state index >= 15 is 0 Å². The lowest BCUT2D eigenvalue weighted by Gasteiger charge is -2.20. The van der Waals surface area contributed by atoms with Crippen molar-refractivity contribution < 1.29 is 4.79 Å². The van der Waals surface area contributed by atoms with Crippen LogP contribution in [0.1, 0.15) is 24.8 Å². The summed E-state index contributed by atoms with van der Waals surface area (Å²) in [6.07, 6.45) is 2.86. The van der Waals surface area contributed by atoms with Gasteiger partial charge in [0.05, 0.1) is 0 Å². The molecule has 18 heavy (non-hydrogen) atoms. The number of hydrogen-bond donors (Lipinski definition) is 1. The van der Waals surface area contributed by atoms with Crippen LogP contribution in [0.25, 0.3) is 0 Å². The molecule has 0 aliphatic carbocycles. The van der Waals surface area contributed by atoms with Crippen molar-refractivity contribution in [2.75, 3.05) is 13.6 Å². The number of nitrogens with one attached hydrogen (secondary N) is 1. The molecule has 0 radical (unpaired) electrons. The number of amides is 1. The summed E-state index contributed by atoms with van der Waals surface area (Å²) in [5.74, 6) is 0.175. The number of halogens is 1. The molecule has 3 nitrogen and oxygen atoms in total. The molecule has 1 heterocycles. The number of carbonyl (C=O) groups is 1. The Morgan fingerprint density at radius 3 is 2.94 bits per heavy atom. The molecule has 0 spiro atoms. The highest BCUT2D eigenvalue weighted by molar-refractivity contribution is 6.31. The predicted molar refractivity (Wildman–Crippen MR) is 73.6 cm³/mol. The molecule has 1 unspecified atom stereocenters. The van der Waals surface area contributed by atoms with Gasteiger partial charge in [-0.1, -0.05) is 29.8 Å². The zero-order valence-corrected chi connectivity index (χ0v) is 11.4. The predicted octanol–water partition coefficient (Wildman–Crippen LogP) is 2.44. The summed E-state index contributed by atoms with van der Waals surface area (Å²) < 4.78 is 0. The van der Waals surface area contributed by atoms with Gasteiger partial charge in [-0.25, -0.2) is 0 Å². The molecule has 0 aromatic heterocycles. The summed E-state index contributed by atoms with van der Waals surface area (Å²) in [5.41, 5.74) is 0.995. The zero-order chi connectivity index (χ0) is 13.0. The Balaban J connectivity index is 1.89. The van der Waals surface area contributed by atoms with E-state index in [0.29, 0.717) is 19.0 Å². The van der Waals surface area contributed by atoms with Crippen LogP contribution in [0.5, 0.6) is 0 Å². The van der Waals surface area contributed by atoms with Gasteiger partial charge in [-0.15, -0.1) is 0 Å². The van der Waals surface area contributed by atoms with Gasteiger partial charge in [0.1, 0.15) is 0 Å². The summed E-state index contributed by atoms with van der Waals surface area (Å²) in [6.45, 7) is 1.61. The summed E-state index contributed by atoms with van der Waals surface area (Å²) in [6, 6.07) is 8.01. The van der Waals surface area contributed by atoms with Gasteiger partial charge < -0.3 is 10.2 Å². The molecular formula is C14H19ClN2O. The average molecular weight is 267 g/mol. The second-order valence-electron chi connectivity index (χ2n) is 4.84. The van der Waals surface area contributed by atoms with Crippen molar-refractivity contribution in [1.29, 1.82) is 0 Å². The highest BCUT2D eigenvalue weighted by atomic mass is 35.5. The lowest BCUT2D eigenvalue weighted by atomic mass is 10.1. The standard InChI is InChI=1S/C14H19ClN2O/c1-17(10-11-5-2-3-7-13(11)15)14(18)9-12-6-4-8-16-12/h2-3,5,7,12,16H,4,6,8-10H2,1H3. The number of benzene rings is 1. The van der Waals surface area contributed by atoms with Crippen LogP contribution in [0.4, 0.5) is 0 Å². The first kappa shape index (κ1) is 13.4. The molecule has 1 aromatic rings. The fraction of sp³-hybridized carbons (Fsp3) is 0.500. The van der Waals surface area contributed by atoms with E-state index in [0.717, 1.165) is 23.6 Å². The summed E-state index contributed by atoms with van der Waals surface area (Å²) in [7, 11) is 1.83. The Kier molecular flexibility index (Phi) is 4.61. The zero-order valence-electron chi connectivity index (χ0n) is 10.7. The Bertz CT molecular complexity index is 416. The van der Waals surface area contributed by atoms with Gasteiger partial charge in [0.15, 0.2) is 0 Å². The monoisotopic (exact) mass is 266 g/mol. The maximum Gasteiger partial charge on any atom is 0.224 e. The van der Waals surface area contributed by atoms with E-state index in [2.05, 4.69) is 5.32 Å². The molecular weight excluding hydrogens is 248 g/mol. The molecule has 1 aliphatic heterocycles. The lowest BCUT2D eigenvalue weighted by molar-refractivity contribution is -0.130. The molecule has 1 saturated heterocycles. The van der Waals surface area contributed by atoms with Crippen molar-refractivity contribution in [3.63, 3.8) is 0 Å². The summed E-state index contributed by atoms with van der Waals surface area (Å²) >= 11 is 6.09. The Labute approximate surface area is 113 Å². The molecule has 2 rings (SSSR count). The molecule has 1 N–H and O–H groups in total. The number of carbonyl (C=O) groups excluding carboxylic acids is 1. The molecule has 0 bridgehead atoms. The second-order valence-corrected chi connectivity index (χ2v) is 5.25. The van der Waals surface area contributed by atoms with Crippen molar-refractivity contribution in [3.05, 3.63) is 34.9 Å². The van der Waals surface area contributed by atoms with Gasteiger partial charge >= 0.3 is 0 Å². The summed E-state index contributed by atoms with van der Waals surface area (Å²) in [5, 5.41) is 4.06. The molecule has 1 aromatic carbocycles. The van der Waals surface area contributed by atoms with Crippen LogP contribution < -0.4 is 5.32 Å². The lowest BCUT2D eigenvalue weighted by Crippen LogP contribution is -2.33. The van der Waals surface area contributed by atoms with Crippen molar-refractivity contribution in [1.82, 2.24) is 10.2 Å². The van der Waals surface area contributed by atoms with E-state index in [4.69, 9.17) is 11.6 Å². The minimum atomic E-state index is 0.175. The summed E-state index contributed by atoms with van der Waals surface area (Å²) in [4.78, 5) is 13.8. The van der Waals surface area contributed by atoms with Crippen molar-refractivity contribution in [3.8, 4) is 0 Å². The average Bonchev–Trinajstić information content (AvgIpc) is 2.84. The van der Waals surface area contributed by atoms with Gasteiger partial charge in [0, 0.05) is 31.1 Å². The number of hydrogen-bond acceptors (Lipinski definition) is 2. The van der Waals surface area contributed by atoms with Crippen molar-refractivity contribution in [2.24, 2.45) is 0 Å². The molecule has 1 aliphatic rings. The Morgan fingerprint density at radius 2 is 2.28 bits per heavy atom. The molecule has 0 saturated carbocycles. The third-order valence-electron chi connectivity index (χ3n) is 3.37. The van der Waals surface area contributed by atoms with Crippen molar-refractivity contribution >= 4 is 17.5 Å². The Morgan fingerprint density at radius 1 is 1.50 bits per heavy atom. The van der Waals surface area contributed by atoms with Crippen molar-refractivity contribution in [2.45, 2.75) is 31.8 Å². The minimum absolute atomic E-state index is 0.175. The largest absolute Gasteiger partial charge is 0.341 e. The molecule has 1 amide bonds. The van der Waals surface area contributed by atoms with E-state index in [-0.39, 0.29) is 5.91 Å². The van der Waals surface area contributed by atoms with Gasteiger partial charge in [0.25, 0.3) is 0 Å². The SMILES string of the molecule is CN(Cc1ccccc1Cl)C(=O)CC1CCCN1. The second kappa shape index (κ2) is 6.21. The third-order valence-corrected chi connectivity index (χ3v) is 3.74. The molecule has 4 heteroatoms. The van der Waals surface area contributed by atoms with E-state index in [1.807, 2.05) is 31.3 Å². The van der Waals surface area contributed by atoms with Gasteiger partial charge in [0.2, 0.25) is 5.91 Å². The first-order valence-corrected chi connectivity index (χ1v) is 6.75. The van der Waals surface area contributed by atoms with Gasteiger partial charge in [-0.05, 0) is 31.0 Å².